The van der Waals surface area contributed by atoms with Crippen LogP contribution in [0.15, 0.2) is 52.5 Å². The maximum absolute atomic E-state index is 12.7. The summed E-state index contributed by atoms with van der Waals surface area (Å²) < 4.78 is 5.34. The van der Waals surface area contributed by atoms with Crippen LogP contribution in [0.2, 0.25) is 5.02 Å². The summed E-state index contributed by atoms with van der Waals surface area (Å²) in [6, 6.07) is 11.5. The number of amides is 1. The molecule has 0 spiro atoms. The van der Waals surface area contributed by atoms with E-state index in [1.807, 2.05) is 41.3 Å². The monoisotopic (exact) mass is 373 g/mol. The van der Waals surface area contributed by atoms with Crippen LogP contribution in [0, 0.1) is 0 Å². The second-order valence-electron chi connectivity index (χ2n) is 5.77. The van der Waals surface area contributed by atoms with Gasteiger partial charge in [-0.2, -0.15) is 0 Å². The standard InChI is InChI=1S/C18H16ClN3O2S/c19-13-3-1-4-14(11-13)21-6-8-22(9-7-21)18(23)15-12-25-17(20-15)16-5-2-10-24-16/h1-5,10-12H,6-9H2. The maximum atomic E-state index is 12.7. The Labute approximate surface area is 154 Å². The van der Waals surface area contributed by atoms with Crippen LogP contribution < -0.4 is 4.90 Å². The topological polar surface area (TPSA) is 49.6 Å². The van der Waals surface area contributed by atoms with E-state index in [9.17, 15) is 4.79 Å². The van der Waals surface area contributed by atoms with Crippen molar-refractivity contribution in [1.29, 1.82) is 0 Å². The van der Waals surface area contributed by atoms with E-state index >= 15 is 0 Å². The highest BCUT2D eigenvalue weighted by molar-refractivity contribution is 7.13. The van der Waals surface area contributed by atoms with Crippen molar-refractivity contribution >= 4 is 34.5 Å². The first-order valence-electron chi connectivity index (χ1n) is 8.00. The molecule has 0 aliphatic carbocycles. The van der Waals surface area contributed by atoms with Gasteiger partial charge in [-0.05, 0) is 30.3 Å². The highest BCUT2D eigenvalue weighted by Crippen LogP contribution is 2.25. The van der Waals surface area contributed by atoms with Gasteiger partial charge in [0.1, 0.15) is 5.69 Å². The minimum Gasteiger partial charge on any atom is -0.462 e. The van der Waals surface area contributed by atoms with Gasteiger partial charge in [-0.3, -0.25) is 4.79 Å². The molecular formula is C18H16ClN3O2S. The molecule has 1 aliphatic rings. The number of rotatable bonds is 3. The van der Waals surface area contributed by atoms with Gasteiger partial charge in [0.25, 0.3) is 5.91 Å². The normalized spacial score (nSPS) is 14.8. The van der Waals surface area contributed by atoms with Crippen LogP contribution in [-0.4, -0.2) is 42.0 Å². The van der Waals surface area contributed by atoms with E-state index in [1.165, 1.54) is 11.3 Å². The zero-order valence-electron chi connectivity index (χ0n) is 13.4. The van der Waals surface area contributed by atoms with Crippen molar-refractivity contribution in [3.8, 4) is 10.8 Å². The molecule has 7 heteroatoms. The SMILES string of the molecule is O=C(c1csc(-c2ccco2)n1)N1CCN(c2cccc(Cl)c2)CC1. The number of anilines is 1. The van der Waals surface area contributed by atoms with Gasteiger partial charge in [-0.25, -0.2) is 4.98 Å². The van der Waals surface area contributed by atoms with Gasteiger partial charge >= 0.3 is 0 Å². The minimum atomic E-state index is -0.0280. The quantitative estimate of drug-likeness (QED) is 0.695. The summed E-state index contributed by atoms with van der Waals surface area (Å²) >= 11 is 7.48. The van der Waals surface area contributed by atoms with Crippen molar-refractivity contribution in [1.82, 2.24) is 9.88 Å². The van der Waals surface area contributed by atoms with Gasteiger partial charge in [0, 0.05) is 42.3 Å². The third-order valence-electron chi connectivity index (χ3n) is 4.20. The van der Waals surface area contributed by atoms with Crippen molar-refractivity contribution in [3.05, 3.63) is 58.8 Å². The van der Waals surface area contributed by atoms with Crippen molar-refractivity contribution in [3.63, 3.8) is 0 Å². The molecule has 0 bridgehead atoms. The van der Waals surface area contributed by atoms with Crippen LogP contribution in [0.4, 0.5) is 5.69 Å². The Morgan fingerprint density at radius 1 is 1.16 bits per heavy atom. The number of carbonyl (C=O) groups is 1. The van der Waals surface area contributed by atoms with E-state index in [1.54, 1.807) is 11.6 Å². The Morgan fingerprint density at radius 2 is 2.00 bits per heavy atom. The molecule has 1 fully saturated rings. The number of furan rings is 1. The smallest absolute Gasteiger partial charge is 0.273 e. The second-order valence-corrected chi connectivity index (χ2v) is 7.07. The molecule has 1 amide bonds. The van der Waals surface area contributed by atoms with Crippen molar-refractivity contribution in [2.24, 2.45) is 0 Å². The molecule has 1 aliphatic heterocycles. The van der Waals surface area contributed by atoms with Gasteiger partial charge < -0.3 is 14.2 Å². The molecule has 2 aromatic heterocycles. The molecule has 1 aromatic carbocycles. The fourth-order valence-corrected chi connectivity index (χ4v) is 3.83. The summed E-state index contributed by atoms with van der Waals surface area (Å²) in [5, 5.41) is 3.25. The Hall–Kier alpha value is -2.31. The first-order chi connectivity index (χ1) is 12.2. The van der Waals surface area contributed by atoms with Crippen molar-refractivity contribution in [2.45, 2.75) is 0 Å². The van der Waals surface area contributed by atoms with E-state index in [0.717, 1.165) is 28.8 Å². The zero-order chi connectivity index (χ0) is 17.2. The average Bonchev–Trinajstić information content (AvgIpc) is 3.32. The molecule has 128 valence electrons. The summed E-state index contributed by atoms with van der Waals surface area (Å²) in [4.78, 5) is 21.2. The average molecular weight is 374 g/mol. The maximum Gasteiger partial charge on any atom is 0.273 e. The van der Waals surface area contributed by atoms with Crippen LogP contribution in [0.1, 0.15) is 10.5 Å². The number of carbonyl (C=O) groups excluding carboxylic acids is 1. The molecule has 0 atom stereocenters. The van der Waals surface area contributed by atoms with E-state index in [4.69, 9.17) is 16.0 Å². The highest BCUT2D eigenvalue weighted by atomic mass is 35.5. The Kier molecular flexibility index (Phi) is 4.46. The molecule has 0 N–H and O–H groups in total. The van der Waals surface area contributed by atoms with Crippen molar-refractivity contribution in [2.75, 3.05) is 31.1 Å². The predicted molar refractivity (Wildman–Crippen MR) is 99.4 cm³/mol. The van der Waals surface area contributed by atoms with Gasteiger partial charge in [0.2, 0.25) is 0 Å². The number of hydrogen-bond donors (Lipinski definition) is 0. The van der Waals surface area contributed by atoms with E-state index < -0.39 is 0 Å². The first-order valence-corrected chi connectivity index (χ1v) is 9.26. The zero-order valence-corrected chi connectivity index (χ0v) is 15.0. The number of hydrogen-bond acceptors (Lipinski definition) is 5. The third kappa shape index (κ3) is 3.41. The molecular weight excluding hydrogens is 358 g/mol. The summed E-state index contributed by atoms with van der Waals surface area (Å²) in [7, 11) is 0. The molecule has 0 unspecified atom stereocenters. The third-order valence-corrected chi connectivity index (χ3v) is 5.29. The van der Waals surface area contributed by atoms with Gasteiger partial charge in [-0.1, -0.05) is 17.7 Å². The van der Waals surface area contributed by atoms with Crippen LogP contribution in [0.5, 0.6) is 0 Å². The fourth-order valence-electron chi connectivity index (χ4n) is 2.89. The summed E-state index contributed by atoms with van der Waals surface area (Å²) in [5.41, 5.74) is 1.57. The molecule has 25 heavy (non-hydrogen) atoms. The summed E-state index contributed by atoms with van der Waals surface area (Å²) in [5.74, 6) is 0.662. The lowest BCUT2D eigenvalue weighted by molar-refractivity contribution is 0.0742. The number of thiazole rings is 1. The molecule has 3 aromatic rings. The van der Waals surface area contributed by atoms with Crippen LogP contribution in [0.25, 0.3) is 10.8 Å². The number of aromatic nitrogens is 1. The largest absolute Gasteiger partial charge is 0.462 e. The number of benzene rings is 1. The second kappa shape index (κ2) is 6.90. The van der Waals surface area contributed by atoms with Crippen LogP contribution >= 0.6 is 22.9 Å². The lowest BCUT2D eigenvalue weighted by Gasteiger charge is -2.35. The Bertz CT molecular complexity index is 870. The summed E-state index contributed by atoms with van der Waals surface area (Å²) in [6.45, 7) is 2.89. The minimum absolute atomic E-state index is 0.0280. The van der Waals surface area contributed by atoms with Gasteiger partial charge in [0.15, 0.2) is 10.8 Å². The summed E-state index contributed by atoms with van der Waals surface area (Å²) in [6.07, 6.45) is 1.60. The highest BCUT2D eigenvalue weighted by Gasteiger charge is 2.24. The van der Waals surface area contributed by atoms with E-state index in [-0.39, 0.29) is 5.91 Å². The molecule has 5 nitrogen and oxygen atoms in total. The van der Waals surface area contributed by atoms with E-state index in [0.29, 0.717) is 24.5 Å². The molecule has 4 rings (SSSR count). The number of halogens is 1. The van der Waals surface area contributed by atoms with Crippen LogP contribution in [-0.2, 0) is 0 Å². The van der Waals surface area contributed by atoms with Gasteiger partial charge in [-0.15, -0.1) is 11.3 Å². The molecule has 0 radical (unpaired) electrons. The molecule has 3 heterocycles. The lowest BCUT2D eigenvalue weighted by atomic mass is 10.2. The van der Waals surface area contributed by atoms with Crippen molar-refractivity contribution < 1.29 is 9.21 Å². The number of nitrogens with zero attached hydrogens (tertiary/aromatic N) is 3. The molecule has 0 saturated carbocycles. The molecule has 1 saturated heterocycles. The lowest BCUT2D eigenvalue weighted by Crippen LogP contribution is -2.48. The Morgan fingerprint density at radius 3 is 2.72 bits per heavy atom. The first kappa shape index (κ1) is 16.2. The van der Waals surface area contributed by atoms with Crippen LogP contribution in [0.3, 0.4) is 0 Å². The Balaban J connectivity index is 1.41. The predicted octanol–water partition coefficient (Wildman–Crippen LogP) is 4.02. The van der Waals surface area contributed by atoms with Gasteiger partial charge in [0.05, 0.1) is 6.26 Å². The number of piperazine rings is 1. The fraction of sp³-hybridized carbons (Fsp3) is 0.222. The van der Waals surface area contributed by atoms with E-state index in [2.05, 4.69) is 9.88 Å².